The van der Waals surface area contributed by atoms with E-state index in [1.54, 1.807) is 6.07 Å². The van der Waals surface area contributed by atoms with Gasteiger partial charge in [0.05, 0.1) is 15.9 Å². The fourth-order valence-corrected chi connectivity index (χ4v) is 6.91. The molecule has 0 N–H and O–H groups in total. The second-order valence-electron chi connectivity index (χ2n) is 5.50. The van der Waals surface area contributed by atoms with Crippen molar-refractivity contribution in [2.24, 2.45) is 0 Å². The van der Waals surface area contributed by atoms with Crippen LogP contribution in [-0.2, 0) is 19.9 Å². The predicted octanol–water partition coefficient (Wildman–Crippen LogP) is 0.449. The second-order valence-corrected chi connectivity index (χ2v) is 9.72. The molecule has 1 aromatic rings. The van der Waals surface area contributed by atoms with E-state index in [0.717, 1.165) is 0 Å². The number of Topliss-reactive ketones (excluding diaryl/α,β-unsaturated/α-hetero) is 1. The number of fused-ring (bicyclic) bond motifs is 2. The maximum Gasteiger partial charge on any atom is 0.243 e. The lowest BCUT2D eigenvalue weighted by Gasteiger charge is -2.26. The minimum absolute atomic E-state index is 0.0135. The minimum atomic E-state index is -3.76. The highest BCUT2D eigenvalue weighted by molar-refractivity contribution is 7.93. The van der Waals surface area contributed by atoms with Gasteiger partial charge in [-0.05, 0) is 25.5 Å². The standard InChI is InChI=1S/C13H15NO5S2/c1-9(15)10-3-2-4-12(5-10)21(18,19)14-7-13-6-11(14)8-20(13,16)17/h2-5,11,13H,6-8H2,1H3. The zero-order valence-corrected chi connectivity index (χ0v) is 13.0. The van der Waals surface area contributed by atoms with Crippen molar-refractivity contribution in [3.05, 3.63) is 29.8 Å². The van der Waals surface area contributed by atoms with E-state index in [2.05, 4.69) is 0 Å². The van der Waals surface area contributed by atoms with E-state index in [0.29, 0.717) is 12.0 Å². The van der Waals surface area contributed by atoms with Crippen molar-refractivity contribution in [1.82, 2.24) is 4.31 Å². The van der Waals surface area contributed by atoms with E-state index in [1.165, 1.54) is 29.4 Å². The van der Waals surface area contributed by atoms with Gasteiger partial charge < -0.3 is 0 Å². The van der Waals surface area contributed by atoms with Crippen molar-refractivity contribution in [3.63, 3.8) is 0 Å². The third-order valence-electron chi connectivity index (χ3n) is 4.11. The van der Waals surface area contributed by atoms with Crippen molar-refractivity contribution in [1.29, 1.82) is 0 Å². The zero-order valence-electron chi connectivity index (χ0n) is 11.4. The molecule has 2 heterocycles. The number of benzene rings is 1. The van der Waals surface area contributed by atoms with Crippen LogP contribution < -0.4 is 0 Å². The molecule has 3 rings (SSSR count). The Bertz CT molecular complexity index is 813. The smallest absolute Gasteiger partial charge is 0.243 e. The molecule has 2 saturated heterocycles. The molecular weight excluding hydrogens is 314 g/mol. The van der Waals surface area contributed by atoms with Crippen LogP contribution >= 0.6 is 0 Å². The number of sulfonamides is 1. The molecule has 0 aromatic heterocycles. The first-order chi connectivity index (χ1) is 9.72. The van der Waals surface area contributed by atoms with Gasteiger partial charge in [0.25, 0.3) is 0 Å². The third kappa shape index (κ3) is 2.31. The zero-order chi connectivity index (χ0) is 15.4. The summed E-state index contributed by atoms with van der Waals surface area (Å²) in [6.07, 6.45) is 0.369. The topological polar surface area (TPSA) is 88.6 Å². The molecule has 0 aliphatic carbocycles. The summed E-state index contributed by atoms with van der Waals surface area (Å²) >= 11 is 0. The molecule has 2 unspecified atom stereocenters. The monoisotopic (exact) mass is 329 g/mol. The maximum absolute atomic E-state index is 12.6. The van der Waals surface area contributed by atoms with E-state index >= 15 is 0 Å². The molecule has 6 nitrogen and oxygen atoms in total. The molecule has 114 valence electrons. The largest absolute Gasteiger partial charge is 0.295 e. The number of nitrogens with zero attached hydrogens (tertiary/aromatic N) is 1. The van der Waals surface area contributed by atoms with E-state index in [-0.39, 0.29) is 23.0 Å². The molecule has 0 radical (unpaired) electrons. The molecule has 0 amide bonds. The number of hydrogen-bond donors (Lipinski definition) is 0. The Morgan fingerprint density at radius 1 is 1.33 bits per heavy atom. The Labute approximate surface area is 123 Å². The molecule has 2 atom stereocenters. The van der Waals surface area contributed by atoms with Gasteiger partial charge in [-0.2, -0.15) is 4.31 Å². The molecule has 0 spiro atoms. The highest BCUT2D eigenvalue weighted by atomic mass is 32.2. The normalized spacial score (nSPS) is 27.9. The second kappa shape index (κ2) is 4.62. The van der Waals surface area contributed by atoms with Crippen molar-refractivity contribution >= 4 is 25.6 Å². The maximum atomic E-state index is 12.6. The van der Waals surface area contributed by atoms with Crippen molar-refractivity contribution in [2.45, 2.75) is 29.5 Å². The molecule has 2 bridgehead atoms. The van der Waals surface area contributed by atoms with E-state index in [4.69, 9.17) is 0 Å². The van der Waals surface area contributed by atoms with Crippen LogP contribution in [0.5, 0.6) is 0 Å². The molecule has 2 fully saturated rings. The first kappa shape index (κ1) is 14.7. The van der Waals surface area contributed by atoms with Gasteiger partial charge in [0.2, 0.25) is 10.0 Å². The summed E-state index contributed by atoms with van der Waals surface area (Å²) in [5.74, 6) is -0.318. The summed E-state index contributed by atoms with van der Waals surface area (Å²) in [5, 5.41) is -0.590. The summed E-state index contributed by atoms with van der Waals surface area (Å²) in [7, 11) is -6.90. The van der Waals surface area contributed by atoms with Gasteiger partial charge >= 0.3 is 0 Å². The highest BCUT2D eigenvalue weighted by Crippen LogP contribution is 2.36. The van der Waals surface area contributed by atoms with Gasteiger partial charge in [-0.15, -0.1) is 0 Å². The van der Waals surface area contributed by atoms with Crippen LogP contribution in [-0.4, -0.2) is 50.5 Å². The Hall–Kier alpha value is -1.25. The van der Waals surface area contributed by atoms with E-state index in [1.807, 2.05) is 0 Å². The molecule has 2 aliphatic rings. The predicted molar refractivity (Wildman–Crippen MR) is 76.3 cm³/mol. The number of carbonyl (C=O) groups excluding carboxylic acids is 1. The summed E-state index contributed by atoms with van der Waals surface area (Å²) in [6.45, 7) is 1.38. The van der Waals surface area contributed by atoms with Gasteiger partial charge in [-0.3, -0.25) is 4.79 Å². The lowest BCUT2D eigenvalue weighted by molar-refractivity contribution is 0.101. The number of sulfone groups is 1. The molecule has 2 aliphatic heterocycles. The Balaban J connectivity index is 1.96. The highest BCUT2D eigenvalue weighted by Gasteiger charge is 2.52. The number of ketones is 1. The fraction of sp³-hybridized carbons (Fsp3) is 0.462. The molecule has 0 saturated carbocycles. The Morgan fingerprint density at radius 3 is 2.57 bits per heavy atom. The van der Waals surface area contributed by atoms with Crippen LogP contribution in [0, 0.1) is 0 Å². The quantitative estimate of drug-likeness (QED) is 0.751. The van der Waals surface area contributed by atoms with Crippen LogP contribution in [0.25, 0.3) is 0 Å². The van der Waals surface area contributed by atoms with Crippen molar-refractivity contribution < 1.29 is 21.6 Å². The third-order valence-corrected chi connectivity index (χ3v) is 8.23. The number of carbonyl (C=O) groups is 1. The minimum Gasteiger partial charge on any atom is -0.295 e. The molecule has 21 heavy (non-hydrogen) atoms. The van der Waals surface area contributed by atoms with E-state index < -0.39 is 31.2 Å². The SMILES string of the molecule is CC(=O)c1cccc(S(=O)(=O)N2CC3CC2CS3(=O)=O)c1. The Kier molecular flexibility index (Phi) is 3.23. The fourth-order valence-electron chi connectivity index (χ4n) is 2.97. The summed E-state index contributed by atoms with van der Waals surface area (Å²) in [5.41, 5.74) is 0.327. The van der Waals surface area contributed by atoms with Crippen LogP contribution in [0.1, 0.15) is 23.7 Å². The van der Waals surface area contributed by atoms with Gasteiger partial charge in [0.1, 0.15) is 0 Å². The average Bonchev–Trinajstić information content (AvgIpc) is 2.94. The van der Waals surface area contributed by atoms with Crippen LogP contribution in [0.3, 0.4) is 0 Å². The number of rotatable bonds is 3. The summed E-state index contributed by atoms with van der Waals surface area (Å²) in [4.78, 5) is 11.4. The first-order valence-electron chi connectivity index (χ1n) is 6.56. The Morgan fingerprint density at radius 2 is 2.05 bits per heavy atom. The van der Waals surface area contributed by atoms with Gasteiger partial charge in [-0.25, -0.2) is 16.8 Å². The van der Waals surface area contributed by atoms with Crippen molar-refractivity contribution in [3.8, 4) is 0 Å². The van der Waals surface area contributed by atoms with Crippen molar-refractivity contribution in [2.75, 3.05) is 12.3 Å². The van der Waals surface area contributed by atoms with Gasteiger partial charge in [0.15, 0.2) is 15.6 Å². The van der Waals surface area contributed by atoms with Crippen LogP contribution in [0.4, 0.5) is 0 Å². The average molecular weight is 329 g/mol. The van der Waals surface area contributed by atoms with Crippen LogP contribution in [0.2, 0.25) is 0 Å². The molecular formula is C13H15NO5S2. The van der Waals surface area contributed by atoms with Crippen LogP contribution in [0.15, 0.2) is 29.2 Å². The number of hydrogen-bond acceptors (Lipinski definition) is 5. The lowest BCUT2D eigenvalue weighted by atomic mass is 10.2. The molecule has 8 heteroatoms. The summed E-state index contributed by atoms with van der Waals surface area (Å²) < 4.78 is 49.9. The lowest BCUT2D eigenvalue weighted by Crippen LogP contribution is -2.43. The first-order valence-corrected chi connectivity index (χ1v) is 9.72. The summed E-state index contributed by atoms with van der Waals surface area (Å²) in [6, 6.07) is 5.38. The van der Waals surface area contributed by atoms with E-state index in [9.17, 15) is 21.6 Å². The van der Waals surface area contributed by atoms with Gasteiger partial charge in [0, 0.05) is 18.2 Å². The van der Waals surface area contributed by atoms with Gasteiger partial charge in [-0.1, -0.05) is 12.1 Å². The molecule has 1 aromatic carbocycles.